The Bertz CT molecular complexity index is 764. The Hall–Kier alpha value is -2.42. The van der Waals surface area contributed by atoms with Crippen LogP contribution in [0.2, 0.25) is 0 Å². The maximum atomic E-state index is 11.6. The van der Waals surface area contributed by atoms with Crippen LogP contribution in [0, 0.1) is 0 Å². The Morgan fingerprint density at radius 3 is 2.86 bits per heavy atom. The van der Waals surface area contributed by atoms with Crippen molar-refractivity contribution in [3.05, 3.63) is 70.3 Å². The van der Waals surface area contributed by atoms with Crippen LogP contribution in [0.1, 0.15) is 28.7 Å². The van der Waals surface area contributed by atoms with Crippen LogP contribution in [0.5, 0.6) is 0 Å². The largest absolute Gasteiger partial charge is 0.507 e. The van der Waals surface area contributed by atoms with Crippen molar-refractivity contribution in [2.75, 3.05) is 0 Å². The van der Waals surface area contributed by atoms with Crippen molar-refractivity contribution in [1.29, 1.82) is 0 Å². The average Bonchev–Trinajstić information content (AvgIpc) is 2.46. The first-order valence-corrected chi connectivity index (χ1v) is 6.89. The molecule has 3 aliphatic rings. The summed E-state index contributed by atoms with van der Waals surface area (Å²) in [6, 6.07) is 4.08. The summed E-state index contributed by atoms with van der Waals surface area (Å²) < 4.78 is 0. The fourth-order valence-corrected chi connectivity index (χ4v) is 3.35. The minimum atomic E-state index is -0.0261. The van der Waals surface area contributed by atoms with Gasteiger partial charge in [-0.05, 0) is 40.7 Å². The summed E-state index contributed by atoms with van der Waals surface area (Å²) in [7, 11) is 0. The van der Waals surface area contributed by atoms with Gasteiger partial charge < -0.3 is 5.11 Å². The lowest BCUT2D eigenvalue weighted by molar-refractivity contribution is -0.114. The van der Waals surface area contributed by atoms with Crippen LogP contribution in [-0.4, -0.2) is 10.9 Å². The van der Waals surface area contributed by atoms with Crippen LogP contribution in [-0.2, 0) is 17.6 Å². The Kier molecular flexibility index (Phi) is 3.13. The molecule has 3 heteroatoms. The standard InChI is InChI=1S/C18H14O2.FH/c19-13-9-12-6-7-15-14-4-2-1-3-11(14)5-8-16(15)18(12)17(20)10-13;/h1-2,4-7,10,20H,3,8-9H2;1H. The van der Waals surface area contributed by atoms with Gasteiger partial charge in [0.15, 0.2) is 5.78 Å². The number of aliphatic hydroxyl groups is 1. The molecule has 0 bridgehead atoms. The molecule has 1 N–H and O–H groups in total. The van der Waals surface area contributed by atoms with E-state index in [0.29, 0.717) is 6.42 Å². The first-order valence-electron chi connectivity index (χ1n) is 6.89. The molecular formula is C18H15FO2. The zero-order valence-electron chi connectivity index (χ0n) is 11.4. The average molecular weight is 282 g/mol. The molecule has 106 valence electrons. The highest BCUT2D eigenvalue weighted by Gasteiger charge is 2.26. The van der Waals surface area contributed by atoms with Crippen molar-refractivity contribution in [3.63, 3.8) is 0 Å². The molecule has 1 aromatic rings. The number of fused-ring (bicyclic) bond motifs is 5. The smallest absolute Gasteiger partial charge is 0.163 e. The van der Waals surface area contributed by atoms with E-state index >= 15 is 0 Å². The van der Waals surface area contributed by atoms with Crippen LogP contribution in [0.3, 0.4) is 0 Å². The van der Waals surface area contributed by atoms with Crippen LogP contribution in [0.15, 0.2) is 48.1 Å². The second kappa shape index (κ2) is 4.85. The SMILES string of the molecule is F.O=C1C=C(O)c2c(ccc3c2CC=C2CC=CC=C23)C1. The maximum absolute atomic E-state index is 11.6. The summed E-state index contributed by atoms with van der Waals surface area (Å²) >= 11 is 0. The highest BCUT2D eigenvalue weighted by molar-refractivity contribution is 6.01. The lowest BCUT2D eigenvalue weighted by Crippen LogP contribution is -2.15. The number of aliphatic hydroxyl groups excluding tert-OH is 1. The van der Waals surface area contributed by atoms with Gasteiger partial charge in [-0.3, -0.25) is 9.50 Å². The van der Waals surface area contributed by atoms with Gasteiger partial charge in [-0.2, -0.15) is 0 Å². The van der Waals surface area contributed by atoms with Crippen molar-refractivity contribution < 1.29 is 14.6 Å². The number of carbonyl (C=O) groups excluding carboxylic acids is 1. The van der Waals surface area contributed by atoms with E-state index in [9.17, 15) is 9.90 Å². The highest BCUT2D eigenvalue weighted by atomic mass is 19.0. The van der Waals surface area contributed by atoms with Gasteiger partial charge in [-0.15, -0.1) is 0 Å². The topological polar surface area (TPSA) is 37.3 Å². The summed E-state index contributed by atoms with van der Waals surface area (Å²) in [6.45, 7) is 0. The van der Waals surface area contributed by atoms with Crippen LogP contribution >= 0.6 is 0 Å². The van der Waals surface area contributed by atoms with Gasteiger partial charge in [-0.1, -0.05) is 36.4 Å². The van der Waals surface area contributed by atoms with E-state index in [2.05, 4.69) is 30.4 Å². The molecule has 0 spiro atoms. The summed E-state index contributed by atoms with van der Waals surface area (Å²) in [5.74, 6) is 0.0960. The summed E-state index contributed by atoms with van der Waals surface area (Å²) in [6.07, 6.45) is 12.2. The van der Waals surface area contributed by atoms with Gasteiger partial charge in [0, 0.05) is 18.1 Å². The molecule has 0 radical (unpaired) electrons. The molecule has 0 saturated heterocycles. The van der Waals surface area contributed by atoms with E-state index in [1.54, 1.807) is 0 Å². The van der Waals surface area contributed by atoms with Crippen LogP contribution in [0.4, 0.5) is 4.70 Å². The van der Waals surface area contributed by atoms with E-state index in [0.717, 1.165) is 29.5 Å². The van der Waals surface area contributed by atoms with Crippen molar-refractivity contribution >= 4 is 17.1 Å². The van der Waals surface area contributed by atoms with E-state index in [-0.39, 0.29) is 16.2 Å². The third-order valence-corrected chi connectivity index (χ3v) is 4.24. The summed E-state index contributed by atoms with van der Waals surface area (Å²) in [4.78, 5) is 11.6. The van der Waals surface area contributed by atoms with Gasteiger partial charge in [0.2, 0.25) is 0 Å². The zero-order chi connectivity index (χ0) is 13.7. The number of halogens is 1. The molecule has 0 atom stereocenters. The second-order valence-electron chi connectivity index (χ2n) is 5.44. The molecule has 2 nitrogen and oxygen atoms in total. The molecule has 4 rings (SSSR count). The number of benzene rings is 1. The predicted octanol–water partition coefficient (Wildman–Crippen LogP) is 3.69. The summed E-state index contributed by atoms with van der Waals surface area (Å²) in [5.41, 5.74) is 6.76. The van der Waals surface area contributed by atoms with Crippen molar-refractivity contribution in [1.82, 2.24) is 0 Å². The van der Waals surface area contributed by atoms with Gasteiger partial charge in [0.1, 0.15) is 5.76 Å². The molecule has 0 aromatic heterocycles. The molecule has 21 heavy (non-hydrogen) atoms. The molecule has 0 heterocycles. The van der Waals surface area contributed by atoms with Crippen LogP contribution in [0.25, 0.3) is 11.3 Å². The van der Waals surface area contributed by atoms with E-state index in [4.69, 9.17) is 0 Å². The number of rotatable bonds is 0. The molecule has 1 aromatic carbocycles. The zero-order valence-corrected chi connectivity index (χ0v) is 11.4. The van der Waals surface area contributed by atoms with E-state index < -0.39 is 0 Å². The van der Waals surface area contributed by atoms with Crippen LogP contribution < -0.4 is 0 Å². The predicted molar refractivity (Wildman–Crippen MR) is 81.8 cm³/mol. The maximum Gasteiger partial charge on any atom is 0.163 e. The normalized spacial score (nSPS) is 18.5. The van der Waals surface area contributed by atoms with E-state index in [1.165, 1.54) is 22.8 Å². The number of carbonyl (C=O) groups is 1. The number of ketones is 1. The molecular weight excluding hydrogens is 267 g/mol. The van der Waals surface area contributed by atoms with Gasteiger partial charge in [-0.25, -0.2) is 0 Å². The Morgan fingerprint density at radius 1 is 1.14 bits per heavy atom. The fraction of sp³-hybridized carbons (Fsp3) is 0.167. The Balaban J connectivity index is 0.00000132. The molecule has 0 unspecified atom stereocenters. The molecule has 0 fully saturated rings. The minimum Gasteiger partial charge on any atom is -0.507 e. The first-order chi connectivity index (χ1) is 9.74. The fourth-order valence-electron chi connectivity index (χ4n) is 3.35. The second-order valence-corrected chi connectivity index (χ2v) is 5.44. The summed E-state index contributed by atoms with van der Waals surface area (Å²) in [5, 5.41) is 10.2. The third-order valence-electron chi connectivity index (χ3n) is 4.24. The minimum absolute atomic E-state index is 0. The van der Waals surface area contributed by atoms with Gasteiger partial charge in [0.25, 0.3) is 0 Å². The quantitative estimate of drug-likeness (QED) is 0.788. The number of hydrogen-bond donors (Lipinski definition) is 1. The van der Waals surface area contributed by atoms with Crippen molar-refractivity contribution in [2.45, 2.75) is 19.3 Å². The van der Waals surface area contributed by atoms with Crippen molar-refractivity contribution in [3.8, 4) is 0 Å². The monoisotopic (exact) mass is 282 g/mol. The van der Waals surface area contributed by atoms with Crippen molar-refractivity contribution in [2.24, 2.45) is 0 Å². The molecule has 0 aliphatic heterocycles. The molecule has 0 saturated carbocycles. The third kappa shape index (κ3) is 1.97. The van der Waals surface area contributed by atoms with Gasteiger partial charge >= 0.3 is 0 Å². The lowest BCUT2D eigenvalue weighted by atomic mass is 9.78. The first kappa shape index (κ1) is 13.6. The Morgan fingerprint density at radius 2 is 2.00 bits per heavy atom. The van der Waals surface area contributed by atoms with Gasteiger partial charge in [0.05, 0.1) is 0 Å². The number of allylic oxidation sites excluding steroid dienone is 7. The molecule has 3 aliphatic carbocycles. The molecule has 0 amide bonds. The lowest BCUT2D eigenvalue weighted by Gasteiger charge is -2.26. The highest BCUT2D eigenvalue weighted by Crippen LogP contribution is 2.40. The Labute approximate surface area is 122 Å². The van der Waals surface area contributed by atoms with E-state index in [1.807, 2.05) is 6.07 Å². The number of hydrogen-bond acceptors (Lipinski definition) is 2.